The van der Waals surface area contributed by atoms with Crippen molar-refractivity contribution in [2.75, 3.05) is 0 Å². The summed E-state index contributed by atoms with van der Waals surface area (Å²) in [4.78, 5) is 0. The lowest BCUT2D eigenvalue weighted by Gasteiger charge is -2.61. The van der Waals surface area contributed by atoms with Crippen molar-refractivity contribution >= 4 is 0 Å². The second kappa shape index (κ2) is 4.89. The van der Waals surface area contributed by atoms with E-state index in [4.69, 9.17) is 0 Å². The minimum absolute atomic E-state index is 0.621. The highest BCUT2D eigenvalue weighted by atomic mass is 14.6. The monoisotopic (exact) mass is 210 g/mol. The van der Waals surface area contributed by atoms with E-state index in [1.165, 1.54) is 25.7 Å². The molecule has 0 aliphatic heterocycles. The van der Waals surface area contributed by atoms with E-state index in [-0.39, 0.29) is 0 Å². The molecule has 0 radical (unpaired) electrons. The fourth-order valence-corrected chi connectivity index (χ4v) is 4.13. The summed E-state index contributed by atoms with van der Waals surface area (Å²) in [5.74, 6) is 3.78. The average molecular weight is 210 g/mol. The standard InChI is InChI=1S/C15H30/c1-7-9-11(3)15(6)12(4)14(10-8-2)13(15)5/h11-14H,7-10H2,1-6H3. The van der Waals surface area contributed by atoms with Crippen LogP contribution >= 0.6 is 0 Å². The topological polar surface area (TPSA) is 0 Å². The molecule has 0 N–H and O–H groups in total. The van der Waals surface area contributed by atoms with Gasteiger partial charge in [0.05, 0.1) is 0 Å². The molecule has 0 aromatic carbocycles. The van der Waals surface area contributed by atoms with Crippen molar-refractivity contribution in [3.05, 3.63) is 0 Å². The van der Waals surface area contributed by atoms with Crippen LogP contribution in [0.3, 0.4) is 0 Å². The zero-order chi connectivity index (χ0) is 11.6. The van der Waals surface area contributed by atoms with Gasteiger partial charge in [0, 0.05) is 0 Å². The van der Waals surface area contributed by atoms with Gasteiger partial charge in [-0.15, -0.1) is 0 Å². The third kappa shape index (κ3) is 1.97. The molecule has 1 rings (SSSR count). The lowest BCUT2D eigenvalue weighted by atomic mass is 9.43. The first kappa shape index (κ1) is 13.1. The van der Waals surface area contributed by atoms with Gasteiger partial charge >= 0.3 is 0 Å². The second-order valence-electron chi connectivity index (χ2n) is 6.09. The third-order valence-corrected chi connectivity index (χ3v) is 5.65. The predicted molar refractivity (Wildman–Crippen MR) is 68.9 cm³/mol. The van der Waals surface area contributed by atoms with Crippen molar-refractivity contribution in [2.45, 2.75) is 67.2 Å². The Hall–Kier alpha value is 0. The van der Waals surface area contributed by atoms with Crippen LogP contribution in [0, 0.1) is 29.1 Å². The second-order valence-corrected chi connectivity index (χ2v) is 6.09. The molecule has 15 heavy (non-hydrogen) atoms. The average Bonchev–Trinajstić information content (AvgIpc) is 2.24. The van der Waals surface area contributed by atoms with Gasteiger partial charge < -0.3 is 0 Å². The van der Waals surface area contributed by atoms with Crippen molar-refractivity contribution in [3.8, 4) is 0 Å². The summed E-state index contributed by atoms with van der Waals surface area (Å²) in [5.41, 5.74) is 0.621. The van der Waals surface area contributed by atoms with E-state index < -0.39 is 0 Å². The van der Waals surface area contributed by atoms with Crippen LogP contribution in [0.4, 0.5) is 0 Å². The maximum atomic E-state index is 2.54. The molecule has 1 fully saturated rings. The molecule has 0 aromatic heterocycles. The summed E-state index contributed by atoms with van der Waals surface area (Å²) in [6.07, 6.45) is 5.55. The highest BCUT2D eigenvalue weighted by Gasteiger charge is 2.55. The van der Waals surface area contributed by atoms with Gasteiger partial charge in [0.2, 0.25) is 0 Å². The van der Waals surface area contributed by atoms with Gasteiger partial charge in [-0.1, -0.05) is 67.2 Å². The molecular weight excluding hydrogens is 180 g/mol. The lowest BCUT2D eigenvalue weighted by Crippen LogP contribution is -2.55. The minimum atomic E-state index is 0.621. The minimum Gasteiger partial charge on any atom is -0.0654 e. The molecule has 1 aliphatic rings. The Bertz CT molecular complexity index is 184. The van der Waals surface area contributed by atoms with Crippen molar-refractivity contribution in [1.82, 2.24) is 0 Å². The predicted octanol–water partition coefficient (Wildman–Crippen LogP) is 5.13. The van der Waals surface area contributed by atoms with E-state index in [1.54, 1.807) is 0 Å². The molecule has 3 atom stereocenters. The SMILES string of the molecule is CCCC1C(C)C(C)(C(C)CCC)C1C. The highest BCUT2D eigenvalue weighted by molar-refractivity contribution is 5.03. The molecular formula is C15H30. The fraction of sp³-hybridized carbons (Fsp3) is 1.00. The molecule has 0 bridgehead atoms. The maximum absolute atomic E-state index is 2.54. The molecule has 3 unspecified atom stereocenters. The first-order valence-electron chi connectivity index (χ1n) is 7.00. The Balaban J connectivity index is 2.63. The first-order chi connectivity index (χ1) is 7.00. The Morgan fingerprint density at radius 2 is 1.60 bits per heavy atom. The summed E-state index contributed by atoms with van der Waals surface area (Å²) in [7, 11) is 0. The van der Waals surface area contributed by atoms with Gasteiger partial charge in [0.1, 0.15) is 0 Å². The summed E-state index contributed by atoms with van der Waals surface area (Å²) < 4.78 is 0. The van der Waals surface area contributed by atoms with Gasteiger partial charge in [-0.05, 0) is 29.1 Å². The van der Waals surface area contributed by atoms with Crippen LogP contribution in [0.1, 0.15) is 67.2 Å². The smallest absolute Gasteiger partial charge is 0.0243 e. The number of rotatable bonds is 5. The molecule has 0 amide bonds. The molecule has 0 spiro atoms. The zero-order valence-electron chi connectivity index (χ0n) is 11.6. The van der Waals surface area contributed by atoms with Crippen LogP contribution in [-0.4, -0.2) is 0 Å². The van der Waals surface area contributed by atoms with Crippen molar-refractivity contribution < 1.29 is 0 Å². The van der Waals surface area contributed by atoms with Gasteiger partial charge in [0.15, 0.2) is 0 Å². The normalized spacial score (nSPS) is 42.4. The van der Waals surface area contributed by atoms with Gasteiger partial charge in [0.25, 0.3) is 0 Å². The third-order valence-electron chi connectivity index (χ3n) is 5.65. The van der Waals surface area contributed by atoms with Crippen molar-refractivity contribution in [1.29, 1.82) is 0 Å². The van der Waals surface area contributed by atoms with E-state index in [0.717, 1.165) is 23.7 Å². The fourth-order valence-electron chi connectivity index (χ4n) is 4.13. The molecule has 0 heteroatoms. The molecule has 0 aromatic rings. The van der Waals surface area contributed by atoms with Crippen LogP contribution in [0.5, 0.6) is 0 Å². The van der Waals surface area contributed by atoms with Crippen molar-refractivity contribution in [3.63, 3.8) is 0 Å². The van der Waals surface area contributed by atoms with E-state index in [2.05, 4.69) is 41.5 Å². The summed E-state index contributed by atoms with van der Waals surface area (Å²) >= 11 is 0. The molecule has 0 saturated heterocycles. The van der Waals surface area contributed by atoms with Gasteiger partial charge in [-0.25, -0.2) is 0 Å². The van der Waals surface area contributed by atoms with Crippen molar-refractivity contribution in [2.24, 2.45) is 29.1 Å². The number of hydrogen-bond donors (Lipinski definition) is 0. The molecule has 0 nitrogen and oxygen atoms in total. The van der Waals surface area contributed by atoms with E-state index >= 15 is 0 Å². The summed E-state index contributed by atoms with van der Waals surface area (Å²) in [5, 5.41) is 0. The quantitative estimate of drug-likeness (QED) is 0.590. The number of hydrogen-bond acceptors (Lipinski definition) is 0. The first-order valence-corrected chi connectivity index (χ1v) is 7.00. The van der Waals surface area contributed by atoms with E-state index in [0.29, 0.717) is 5.41 Å². The highest BCUT2D eigenvalue weighted by Crippen LogP contribution is 2.61. The Kier molecular flexibility index (Phi) is 4.26. The summed E-state index contributed by atoms with van der Waals surface area (Å²) in [6.45, 7) is 14.6. The van der Waals surface area contributed by atoms with Crippen LogP contribution in [0.2, 0.25) is 0 Å². The Morgan fingerprint density at radius 3 is 2.00 bits per heavy atom. The zero-order valence-corrected chi connectivity index (χ0v) is 11.6. The maximum Gasteiger partial charge on any atom is -0.0243 e. The molecule has 0 heterocycles. The van der Waals surface area contributed by atoms with Crippen LogP contribution in [-0.2, 0) is 0 Å². The van der Waals surface area contributed by atoms with Gasteiger partial charge in [-0.3, -0.25) is 0 Å². The van der Waals surface area contributed by atoms with Crippen LogP contribution in [0.15, 0.2) is 0 Å². The largest absolute Gasteiger partial charge is 0.0654 e. The van der Waals surface area contributed by atoms with E-state index in [9.17, 15) is 0 Å². The molecule has 1 saturated carbocycles. The molecule has 1 aliphatic carbocycles. The van der Waals surface area contributed by atoms with Crippen LogP contribution < -0.4 is 0 Å². The van der Waals surface area contributed by atoms with Crippen LogP contribution in [0.25, 0.3) is 0 Å². The lowest BCUT2D eigenvalue weighted by molar-refractivity contribution is -0.133. The molecule has 90 valence electrons. The van der Waals surface area contributed by atoms with Gasteiger partial charge in [-0.2, -0.15) is 0 Å². The Morgan fingerprint density at radius 1 is 1.07 bits per heavy atom. The Labute approximate surface area is 96.8 Å². The summed E-state index contributed by atoms with van der Waals surface area (Å²) in [6, 6.07) is 0. The van der Waals surface area contributed by atoms with E-state index in [1.807, 2.05) is 0 Å².